The molecule has 5 nitrogen and oxygen atoms in total. The zero-order chi connectivity index (χ0) is 17.5. The highest BCUT2D eigenvalue weighted by Crippen LogP contribution is 2.26. The molecule has 1 N–H and O–H groups in total. The van der Waals surface area contributed by atoms with E-state index in [1.807, 2.05) is 29.2 Å². The lowest BCUT2D eigenvalue weighted by Gasteiger charge is -2.36. The van der Waals surface area contributed by atoms with Gasteiger partial charge in [-0.25, -0.2) is 0 Å². The number of likely N-dealkylation sites (tertiary alicyclic amines) is 1. The van der Waals surface area contributed by atoms with Gasteiger partial charge >= 0.3 is 5.97 Å². The Hall–Kier alpha value is -2.04. The number of hydrogen-bond acceptors (Lipinski definition) is 3. The second-order valence-corrected chi connectivity index (χ2v) is 6.55. The number of amides is 1. The second kappa shape index (κ2) is 8.71. The largest absolute Gasteiger partial charge is 0.497 e. The summed E-state index contributed by atoms with van der Waals surface area (Å²) in [6, 6.07) is 7.88. The van der Waals surface area contributed by atoms with Crippen molar-refractivity contribution in [2.75, 3.05) is 13.7 Å². The molecule has 1 aliphatic heterocycles. The Bertz CT molecular complexity index is 555. The number of ether oxygens (including phenoxy) is 1. The molecule has 5 heteroatoms. The van der Waals surface area contributed by atoms with E-state index in [0.29, 0.717) is 12.8 Å². The first-order valence-electron chi connectivity index (χ1n) is 8.66. The molecule has 1 aromatic rings. The molecule has 1 aromatic carbocycles. The van der Waals surface area contributed by atoms with Crippen molar-refractivity contribution in [1.82, 2.24) is 4.90 Å². The van der Waals surface area contributed by atoms with Gasteiger partial charge in [0.25, 0.3) is 0 Å². The molecule has 2 atom stereocenters. The maximum Gasteiger partial charge on any atom is 0.303 e. The Labute approximate surface area is 143 Å². The van der Waals surface area contributed by atoms with Crippen molar-refractivity contribution in [2.24, 2.45) is 0 Å². The zero-order valence-corrected chi connectivity index (χ0v) is 14.5. The van der Waals surface area contributed by atoms with E-state index in [0.717, 1.165) is 37.1 Å². The topological polar surface area (TPSA) is 66.8 Å². The number of hydrogen-bond donors (Lipinski definition) is 1. The fourth-order valence-electron chi connectivity index (χ4n) is 3.35. The van der Waals surface area contributed by atoms with Crippen molar-refractivity contribution < 1.29 is 19.4 Å². The van der Waals surface area contributed by atoms with Gasteiger partial charge in [0, 0.05) is 25.4 Å². The average molecular weight is 333 g/mol. The van der Waals surface area contributed by atoms with Gasteiger partial charge in [0.15, 0.2) is 0 Å². The molecule has 132 valence electrons. The number of carbonyl (C=O) groups excluding carboxylic acids is 1. The summed E-state index contributed by atoms with van der Waals surface area (Å²) in [5.41, 5.74) is 1.11. The van der Waals surface area contributed by atoms with Crippen LogP contribution in [0.1, 0.15) is 56.9 Å². The van der Waals surface area contributed by atoms with Gasteiger partial charge in [0.2, 0.25) is 5.91 Å². The van der Waals surface area contributed by atoms with Gasteiger partial charge in [0.1, 0.15) is 5.75 Å². The van der Waals surface area contributed by atoms with Crippen LogP contribution in [0, 0.1) is 0 Å². The van der Waals surface area contributed by atoms with E-state index < -0.39 is 5.97 Å². The summed E-state index contributed by atoms with van der Waals surface area (Å²) in [6.45, 7) is 2.80. The highest BCUT2D eigenvalue weighted by molar-refractivity contribution is 5.77. The van der Waals surface area contributed by atoms with E-state index in [1.54, 1.807) is 7.11 Å². The maximum absolute atomic E-state index is 12.7. The summed E-state index contributed by atoms with van der Waals surface area (Å²) in [4.78, 5) is 25.4. The van der Waals surface area contributed by atoms with Crippen LogP contribution >= 0.6 is 0 Å². The lowest BCUT2D eigenvalue weighted by molar-refractivity contribution is -0.140. The number of aliphatic carboxylic acids is 1. The number of benzene rings is 1. The maximum atomic E-state index is 12.7. The van der Waals surface area contributed by atoms with Crippen LogP contribution in [0.5, 0.6) is 5.75 Å². The molecular formula is C19H27NO4. The summed E-state index contributed by atoms with van der Waals surface area (Å²) < 4.78 is 5.16. The molecule has 0 aliphatic carbocycles. The molecule has 0 spiro atoms. The summed E-state index contributed by atoms with van der Waals surface area (Å²) in [5.74, 6) is 0.278. The third-order valence-corrected chi connectivity index (χ3v) is 4.80. The molecule has 1 heterocycles. The monoisotopic (exact) mass is 333 g/mol. The predicted molar refractivity (Wildman–Crippen MR) is 92.2 cm³/mol. The van der Waals surface area contributed by atoms with E-state index in [4.69, 9.17) is 9.84 Å². The van der Waals surface area contributed by atoms with Crippen LogP contribution in [-0.2, 0) is 9.59 Å². The van der Waals surface area contributed by atoms with Crippen LogP contribution in [0.4, 0.5) is 0 Å². The van der Waals surface area contributed by atoms with Crippen molar-refractivity contribution >= 4 is 11.9 Å². The van der Waals surface area contributed by atoms with E-state index in [1.165, 1.54) is 0 Å². The molecule has 1 fully saturated rings. The average Bonchev–Trinajstić information content (AvgIpc) is 2.60. The van der Waals surface area contributed by atoms with Gasteiger partial charge in [-0.3, -0.25) is 9.59 Å². The molecule has 0 unspecified atom stereocenters. The first kappa shape index (κ1) is 18.3. The van der Waals surface area contributed by atoms with Crippen LogP contribution < -0.4 is 4.74 Å². The van der Waals surface area contributed by atoms with Gasteiger partial charge in [0.05, 0.1) is 7.11 Å². The van der Waals surface area contributed by atoms with E-state index >= 15 is 0 Å². The molecule has 1 aliphatic rings. The highest BCUT2D eigenvalue weighted by atomic mass is 16.5. The number of nitrogens with zero attached hydrogens (tertiary/aromatic N) is 1. The quantitative estimate of drug-likeness (QED) is 0.830. The normalized spacial score (nSPS) is 18.9. The number of carbonyl (C=O) groups is 2. The van der Waals surface area contributed by atoms with Crippen LogP contribution in [0.25, 0.3) is 0 Å². The molecule has 1 amide bonds. The predicted octanol–water partition coefficient (Wildman–Crippen LogP) is 3.43. The number of carboxylic acids is 1. The van der Waals surface area contributed by atoms with Gasteiger partial charge in [-0.1, -0.05) is 19.1 Å². The number of carboxylic acid groups (broad SMARTS) is 1. The van der Waals surface area contributed by atoms with Crippen molar-refractivity contribution in [1.29, 1.82) is 0 Å². The van der Waals surface area contributed by atoms with Crippen molar-refractivity contribution in [3.63, 3.8) is 0 Å². The third-order valence-electron chi connectivity index (χ3n) is 4.80. The minimum atomic E-state index is -0.792. The summed E-state index contributed by atoms with van der Waals surface area (Å²) in [5, 5.41) is 8.89. The lowest BCUT2D eigenvalue weighted by Crippen LogP contribution is -2.44. The first-order valence-corrected chi connectivity index (χ1v) is 8.66. The van der Waals surface area contributed by atoms with E-state index in [-0.39, 0.29) is 24.3 Å². The Morgan fingerprint density at radius 1 is 1.29 bits per heavy atom. The Morgan fingerprint density at radius 3 is 2.62 bits per heavy atom. The minimum Gasteiger partial charge on any atom is -0.497 e. The van der Waals surface area contributed by atoms with E-state index in [2.05, 4.69) is 6.92 Å². The van der Waals surface area contributed by atoms with E-state index in [9.17, 15) is 9.59 Å². The zero-order valence-electron chi connectivity index (χ0n) is 14.5. The molecule has 0 aromatic heterocycles. The third kappa shape index (κ3) is 4.98. The molecule has 0 bridgehead atoms. The summed E-state index contributed by atoms with van der Waals surface area (Å²) in [6.07, 6.45) is 4.13. The standard InChI is InChI=1S/C19H27NO4/c1-14(15-6-9-17(24-2)10-7-15)13-18(21)20-12-4-3-5-16(20)8-11-19(22)23/h6-7,9-10,14,16H,3-5,8,11-13H2,1-2H3,(H,22,23)/t14-,16-/m1/s1. The first-order chi connectivity index (χ1) is 11.5. The van der Waals surface area contributed by atoms with Crippen LogP contribution in [0.2, 0.25) is 0 Å². The molecule has 24 heavy (non-hydrogen) atoms. The fraction of sp³-hybridized carbons (Fsp3) is 0.579. The smallest absolute Gasteiger partial charge is 0.303 e. The second-order valence-electron chi connectivity index (χ2n) is 6.55. The Kier molecular flexibility index (Phi) is 6.64. The van der Waals surface area contributed by atoms with Crippen LogP contribution in [0.3, 0.4) is 0 Å². The molecule has 0 radical (unpaired) electrons. The Balaban J connectivity index is 1.96. The lowest BCUT2D eigenvalue weighted by atomic mass is 9.94. The van der Waals surface area contributed by atoms with Crippen molar-refractivity contribution in [3.8, 4) is 5.75 Å². The SMILES string of the molecule is COc1ccc([C@H](C)CC(=O)N2CCCC[C@@H]2CCC(=O)O)cc1. The molecular weight excluding hydrogens is 306 g/mol. The molecule has 0 saturated carbocycles. The fourth-order valence-corrected chi connectivity index (χ4v) is 3.35. The van der Waals surface area contributed by atoms with Gasteiger partial charge in [-0.2, -0.15) is 0 Å². The van der Waals surface area contributed by atoms with Crippen LogP contribution in [-0.4, -0.2) is 41.6 Å². The number of rotatable bonds is 7. The molecule has 2 rings (SSSR count). The van der Waals surface area contributed by atoms with Crippen LogP contribution in [0.15, 0.2) is 24.3 Å². The highest BCUT2D eigenvalue weighted by Gasteiger charge is 2.27. The summed E-state index contributed by atoms with van der Waals surface area (Å²) >= 11 is 0. The van der Waals surface area contributed by atoms with Gasteiger partial charge in [-0.15, -0.1) is 0 Å². The van der Waals surface area contributed by atoms with Crippen molar-refractivity contribution in [3.05, 3.63) is 29.8 Å². The number of piperidine rings is 1. The summed E-state index contributed by atoms with van der Waals surface area (Å²) in [7, 11) is 1.63. The number of methoxy groups -OCH3 is 1. The van der Waals surface area contributed by atoms with Gasteiger partial charge < -0.3 is 14.7 Å². The van der Waals surface area contributed by atoms with Crippen molar-refractivity contribution in [2.45, 2.75) is 57.4 Å². The minimum absolute atomic E-state index is 0.0745. The molecule has 1 saturated heterocycles. The van der Waals surface area contributed by atoms with Gasteiger partial charge in [-0.05, 0) is 49.3 Å². The Morgan fingerprint density at radius 2 is 2.00 bits per heavy atom.